The van der Waals surface area contributed by atoms with E-state index in [0.717, 1.165) is 27.2 Å². The monoisotopic (exact) mass is 261 g/mol. The first-order chi connectivity index (χ1) is 9.15. The normalized spacial score (nSPS) is 10.4. The van der Waals surface area contributed by atoms with E-state index in [2.05, 4.69) is 10.3 Å². The van der Waals surface area contributed by atoms with Crippen LogP contribution in [0, 0.1) is 4.91 Å². The minimum absolute atomic E-state index is 0.267. The number of methoxy groups -OCH3 is 1. The Balaban J connectivity index is 2.20. The first-order valence-corrected chi connectivity index (χ1v) is 5.91. The number of hydrogen-bond acceptors (Lipinski definition) is 4. The highest BCUT2D eigenvalue weighted by molar-refractivity contribution is 5.84. The molecule has 1 N–H and O–H groups in total. The van der Waals surface area contributed by atoms with Crippen LogP contribution in [0.5, 0.6) is 5.75 Å². The van der Waals surface area contributed by atoms with Crippen LogP contribution < -0.4 is 4.74 Å². The van der Waals surface area contributed by atoms with E-state index in [1.165, 1.54) is 6.92 Å². The van der Waals surface area contributed by atoms with E-state index in [-0.39, 0.29) is 12.5 Å². The maximum absolute atomic E-state index is 11.1. The molecule has 0 aliphatic rings. The average Bonchev–Trinajstić information content (AvgIpc) is 2.81. The lowest BCUT2D eigenvalue weighted by atomic mass is 10.1. The van der Waals surface area contributed by atoms with Crippen molar-refractivity contribution in [2.45, 2.75) is 13.3 Å². The maximum Gasteiger partial charge on any atom is 0.242 e. The Labute approximate surface area is 110 Å². The first kappa shape index (κ1) is 13.1. The number of amides is 1. The summed E-state index contributed by atoms with van der Waals surface area (Å²) >= 11 is 0. The topological polar surface area (TPSA) is 74.8 Å². The fourth-order valence-corrected chi connectivity index (χ4v) is 1.97. The van der Waals surface area contributed by atoms with Crippen LogP contribution in [0.2, 0.25) is 0 Å². The van der Waals surface area contributed by atoms with E-state index in [1.807, 2.05) is 24.4 Å². The van der Waals surface area contributed by atoms with Gasteiger partial charge in [-0.3, -0.25) is 4.79 Å². The van der Waals surface area contributed by atoms with Crippen LogP contribution in [-0.2, 0) is 11.2 Å². The van der Waals surface area contributed by atoms with Crippen molar-refractivity contribution in [2.24, 2.45) is 5.29 Å². The molecule has 0 radical (unpaired) electrons. The molecule has 0 unspecified atom stereocenters. The number of carbonyl (C=O) groups is 1. The van der Waals surface area contributed by atoms with Gasteiger partial charge < -0.3 is 9.72 Å². The van der Waals surface area contributed by atoms with E-state index in [0.29, 0.717) is 6.42 Å². The van der Waals surface area contributed by atoms with Crippen molar-refractivity contribution in [3.05, 3.63) is 34.9 Å². The van der Waals surface area contributed by atoms with Gasteiger partial charge in [-0.15, -0.1) is 4.91 Å². The van der Waals surface area contributed by atoms with Crippen molar-refractivity contribution in [1.82, 2.24) is 9.99 Å². The van der Waals surface area contributed by atoms with Crippen LogP contribution in [0.3, 0.4) is 0 Å². The molecule has 0 fully saturated rings. The fourth-order valence-electron chi connectivity index (χ4n) is 1.97. The Kier molecular flexibility index (Phi) is 3.79. The van der Waals surface area contributed by atoms with Crippen LogP contribution in [0.25, 0.3) is 10.9 Å². The molecule has 0 saturated carbocycles. The van der Waals surface area contributed by atoms with E-state index < -0.39 is 0 Å². The summed E-state index contributed by atoms with van der Waals surface area (Å²) < 4.78 is 5.18. The molecule has 1 amide bonds. The van der Waals surface area contributed by atoms with Crippen molar-refractivity contribution in [1.29, 1.82) is 0 Å². The van der Waals surface area contributed by atoms with Crippen molar-refractivity contribution < 1.29 is 9.53 Å². The van der Waals surface area contributed by atoms with Gasteiger partial charge in [0.25, 0.3) is 0 Å². The molecule has 0 aliphatic carbocycles. The van der Waals surface area contributed by atoms with Gasteiger partial charge >= 0.3 is 0 Å². The van der Waals surface area contributed by atoms with Gasteiger partial charge in [0.15, 0.2) is 0 Å². The minimum Gasteiger partial charge on any atom is -0.497 e. The number of nitroso groups, excluding NO2 is 1. The number of H-pyrrole nitrogens is 1. The second-order valence-corrected chi connectivity index (χ2v) is 4.20. The zero-order valence-electron chi connectivity index (χ0n) is 10.8. The largest absolute Gasteiger partial charge is 0.497 e. The van der Waals surface area contributed by atoms with Gasteiger partial charge in [0.2, 0.25) is 5.91 Å². The van der Waals surface area contributed by atoms with Gasteiger partial charge in [-0.1, -0.05) is 0 Å². The number of ether oxygens (including phenoxy) is 1. The fraction of sp³-hybridized carbons (Fsp3) is 0.308. The summed E-state index contributed by atoms with van der Waals surface area (Å²) in [5.41, 5.74) is 2.01. The molecule has 2 rings (SSSR count). The molecule has 6 heteroatoms. The Bertz CT molecular complexity index is 606. The summed E-state index contributed by atoms with van der Waals surface area (Å²) in [4.78, 5) is 24.7. The lowest BCUT2D eigenvalue weighted by molar-refractivity contribution is -0.128. The molecule has 0 saturated heterocycles. The van der Waals surface area contributed by atoms with E-state index in [1.54, 1.807) is 7.11 Å². The molecule has 1 aromatic heterocycles. The second-order valence-electron chi connectivity index (χ2n) is 4.20. The van der Waals surface area contributed by atoms with Crippen molar-refractivity contribution >= 4 is 16.8 Å². The second kappa shape index (κ2) is 5.51. The van der Waals surface area contributed by atoms with E-state index >= 15 is 0 Å². The van der Waals surface area contributed by atoms with Crippen LogP contribution in [-0.4, -0.2) is 29.6 Å². The molecular formula is C13H15N3O3. The number of fused-ring (bicyclic) bond motifs is 1. The van der Waals surface area contributed by atoms with Gasteiger partial charge in [-0.25, -0.2) is 0 Å². The Hall–Kier alpha value is -2.37. The number of nitrogens with zero attached hydrogens (tertiary/aromatic N) is 2. The standard InChI is InChI=1S/C13H15N3O3/c1-9(17)16(15-18)6-5-10-8-14-13-4-3-11(19-2)7-12(10)13/h3-4,7-8,14H,5-6H2,1-2H3. The SMILES string of the molecule is COc1ccc2[nH]cc(CCN(N=O)C(C)=O)c2c1. The molecule has 6 nitrogen and oxygen atoms in total. The smallest absolute Gasteiger partial charge is 0.242 e. The predicted molar refractivity (Wildman–Crippen MR) is 71.7 cm³/mol. The summed E-state index contributed by atoms with van der Waals surface area (Å²) in [6, 6.07) is 5.73. The zero-order valence-corrected chi connectivity index (χ0v) is 10.8. The molecular weight excluding hydrogens is 246 g/mol. The average molecular weight is 261 g/mol. The number of aromatic amines is 1. The Morgan fingerprint density at radius 3 is 2.89 bits per heavy atom. The van der Waals surface area contributed by atoms with Gasteiger partial charge in [0, 0.05) is 24.0 Å². The summed E-state index contributed by atoms with van der Waals surface area (Å²) in [6.07, 6.45) is 2.42. The highest BCUT2D eigenvalue weighted by Crippen LogP contribution is 2.24. The van der Waals surface area contributed by atoms with Crippen molar-refractivity contribution in [3.8, 4) is 5.75 Å². The van der Waals surface area contributed by atoms with Crippen LogP contribution in [0.15, 0.2) is 29.7 Å². The quantitative estimate of drug-likeness (QED) is 0.662. The summed E-state index contributed by atoms with van der Waals surface area (Å²) in [5, 5.41) is 4.64. The third kappa shape index (κ3) is 2.73. The zero-order chi connectivity index (χ0) is 13.8. The molecule has 2 aromatic rings. The molecule has 0 aliphatic heterocycles. The highest BCUT2D eigenvalue weighted by Gasteiger charge is 2.11. The third-order valence-electron chi connectivity index (χ3n) is 3.03. The maximum atomic E-state index is 11.1. The van der Waals surface area contributed by atoms with Crippen molar-refractivity contribution in [3.63, 3.8) is 0 Å². The molecule has 0 bridgehead atoms. The van der Waals surface area contributed by atoms with Crippen LogP contribution >= 0.6 is 0 Å². The van der Waals surface area contributed by atoms with Crippen molar-refractivity contribution in [2.75, 3.05) is 13.7 Å². The molecule has 19 heavy (non-hydrogen) atoms. The summed E-state index contributed by atoms with van der Waals surface area (Å²) in [7, 11) is 1.61. The lowest BCUT2D eigenvalue weighted by Crippen LogP contribution is -2.24. The van der Waals surface area contributed by atoms with Gasteiger partial charge in [-0.05, 0) is 30.2 Å². The summed E-state index contributed by atoms with van der Waals surface area (Å²) in [5.74, 6) is 0.415. The van der Waals surface area contributed by atoms with Crippen LogP contribution in [0.4, 0.5) is 0 Å². The predicted octanol–water partition coefficient (Wildman–Crippen LogP) is 2.25. The third-order valence-corrected chi connectivity index (χ3v) is 3.03. The Morgan fingerprint density at radius 1 is 1.47 bits per heavy atom. The van der Waals surface area contributed by atoms with Gasteiger partial charge in [-0.2, -0.15) is 5.01 Å². The van der Waals surface area contributed by atoms with Gasteiger partial charge in [0.1, 0.15) is 5.75 Å². The number of nitrogens with one attached hydrogen (secondary N) is 1. The molecule has 1 aromatic carbocycles. The summed E-state index contributed by atoms with van der Waals surface area (Å²) in [6.45, 7) is 1.59. The number of hydrogen-bond donors (Lipinski definition) is 1. The van der Waals surface area contributed by atoms with E-state index in [4.69, 9.17) is 4.74 Å². The molecule has 0 atom stereocenters. The lowest BCUT2D eigenvalue weighted by Gasteiger charge is -2.09. The number of aromatic nitrogens is 1. The molecule has 100 valence electrons. The number of benzene rings is 1. The Morgan fingerprint density at radius 2 is 2.26 bits per heavy atom. The number of rotatable bonds is 5. The molecule has 1 heterocycles. The first-order valence-electron chi connectivity index (χ1n) is 5.91. The molecule has 0 spiro atoms. The van der Waals surface area contributed by atoms with E-state index in [9.17, 15) is 9.70 Å². The highest BCUT2D eigenvalue weighted by atomic mass is 16.5. The number of carbonyl (C=O) groups excluding carboxylic acids is 1. The van der Waals surface area contributed by atoms with Crippen LogP contribution in [0.1, 0.15) is 12.5 Å². The van der Waals surface area contributed by atoms with Gasteiger partial charge in [0.05, 0.1) is 18.9 Å². The minimum atomic E-state index is -0.354.